The first-order valence-corrected chi connectivity index (χ1v) is 7.51. The summed E-state index contributed by atoms with van der Waals surface area (Å²) in [4.78, 5) is 11.1. The number of sulfonamides is 1. The summed E-state index contributed by atoms with van der Waals surface area (Å²) in [5.41, 5.74) is 1.27. The van der Waals surface area contributed by atoms with Crippen molar-refractivity contribution in [2.45, 2.75) is 6.42 Å². The van der Waals surface area contributed by atoms with Gasteiger partial charge in [-0.1, -0.05) is 12.1 Å². The Labute approximate surface area is 112 Å². The average molecular weight is 291 g/mol. The molecule has 1 aromatic carbocycles. The van der Waals surface area contributed by atoms with Gasteiger partial charge in [-0.25, -0.2) is 8.42 Å². The Morgan fingerprint density at radius 3 is 2.39 bits per heavy atom. The number of amides is 1. The first-order chi connectivity index (χ1) is 8.46. The first-order valence-electron chi connectivity index (χ1n) is 5.33. The molecule has 0 saturated carbocycles. The van der Waals surface area contributed by atoms with Crippen molar-refractivity contribution in [2.75, 3.05) is 23.4 Å². The molecule has 0 bridgehead atoms. The molecule has 0 fully saturated rings. The van der Waals surface area contributed by atoms with Gasteiger partial charge in [0.15, 0.2) is 0 Å². The SMILES string of the molecule is CNC(=O)Cc1ccc(NS(=O)(=O)CCCl)cc1. The van der Waals surface area contributed by atoms with Crippen LogP contribution in [0.1, 0.15) is 5.56 Å². The van der Waals surface area contributed by atoms with Gasteiger partial charge in [-0.05, 0) is 17.7 Å². The normalized spacial score (nSPS) is 11.0. The Bertz CT molecular complexity index is 500. The summed E-state index contributed by atoms with van der Waals surface area (Å²) in [6.45, 7) is 0. The van der Waals surface area contributed by atoms with Crippen LogP contribution < -0.4 is 10.0 Å². The van der Waals surface area contributed by atoms with Crippen LogP contribution in [0.3, 0.4) is 0 Å². The van der Waals surface area contributed by atoms with Crippen LogP contribution in [0.5, 0.6) is 0 Å². The number of hydrogen-bond donors (Lipinski definition) is 2. The van der Waals surface area contributed by atoms with Gasteiger partial charge in [-0.3, -0.25) is 9.52 Å². The summed E-state index contributed by atoms with van der Waals surface area (Å²) in [6.07, 6.45) is 0.269. The Morgan fingerprint density at radius 2 is 1.89 bits per heavy atom. The van der Waals surface area contributed by atoms with Gasteiger partial charge in [0.05, 0.1) is 12.2 Å². The standard InChI is InChI=1S/C11H15ClN2O3S/c1-13-11(15)8-9-2-4-10(5-3-9)14-18(16,17)7-6-12/h2-5,14H,6-8H2,1H3,(H,13,15). The van der Waals surface area contributed by atoms with Crippen LogP contribution in [0.4, 0.5) is 5.69 Å². The minimum atomic E-state index is -3.39. The van der Waals surface area contributed by atoms with Crippen molar-refractivity contribution in [2.24, 2.45) is 0 Å². The maximum atomic E-state index is 11.4. The van der Waals surface area contributed by atoms with Crippen LogP contribution >= 0.6 is 11.6 Å². The van der Waals surface area contributed by atoms with Gasteiger partial charge in [0.25, 0.3) is 0 Å². The zero-order valence-corrected chi connectivity index (χ0v) is 11.5. The number of likely N-dealkylation sites (N-methyl/N-ethyl adjacent to an activating group) is 1. The Kier molecular flexibility index (Phi) is 5.43. The predicted octanol–water partition coefficient (Wildman–Crippen LogP) is 0.956. The number of rotatable bonds is 6. The third kappa shape index (κ3) is 4.93. The minimum Gasteiger partial charge on any atom is -0.359 e. The van der Waals surface area contributed by atoms with Gasteiger partial charge in [-0.2, -0.15) is 0 Å². The number of hydrogen-bond acceptors (Lipinski definition) is 3. The fourth-order valence-electron chi connectivity index (χ4n) is 1.30. The van der Waals surface area contributed by atoms with E-state index in [4.69, 9.17) is 11.6 Å². The maximum Gasteiger partial charge on any atom is 0.233 e. The molecular weight excluding hydrogens is 276 g/mol. The van der Waals surface area contributed by atoms with E-state index < -0.39 is 10.0 Å². The molecule has 0 spiro atoms. The smallest absolute Gasteiger partial charge is 0.233 e. The highest BCUT2D eigenvalue weighted by atomic mass is 35.5. The molecule has 1 rings (SSSR count). The maximum absolute atomic E-state index is 11.4. The van der Waals surface area contributed by atoms with E-state index in [1.807, 2.05) is 0 Å². The van der Waals surface area contributed by atoms with Crippen molar-refractivity contribution in [3.63, 3.8) is 0 Å². The van der Waals surface area contributed by atoms with Gasteiger partial charge < -0.3 is 5.32 Å². The number of alkyl halides is 1. The zero-order valence-electron chi connectivity index (χ0n) is 9.94. The number of anilines is 1. The quantitative estimate of drug-likeness (QED) is 0.766. The lowest BCUT2D eigenvalue weighted by Gasteiger charge is -2.07. The fourth-order valence-corrected chi connectivity index (χ4v) is 2.71. The third-order valence-corrected chi connectivity index (χ3v) is 3.92. The van der Waals surface area contributed by atoms with E-state index in [0.717, 1.165) is 5.56 Å². The van der Waals surface area contributed by atoms with Crippen molar-refractivity contribution < 1.29 is 13.2 Å². The Morgan fingerprint density at radius 1 is 1.28 bits per heavy atom. The van der Waals surface area contributed by atoms with Crippen molar-refractivity contribution in [1.29, 1.82) is 0 Å². The monoisotopic (exact) mass is 290 g/mol. The second kappa shape index (κ2) is 6.61. The van der Waals surface area contributed by atoms with E-state index in [9.17, 15) is 13.2 Å². The number of carbonyl (C=O) groups excluding carboxylic acids is 1. The van der Waals surface area contributed by atoms with Gasteiger partial charge in [0.1, 0.15) is 0 Å². The molecule has 0 aliphatic carbocycles. The second-order valence-electron chi connectivity index (χ2n) is 3.66. The number of nitrogens with one attached hydrogen (secondary N) is 2. The van der Waals surface area contributed by atoms with Gasteiger partial charge in [0.2, 0.25) is 15.9 Å². The van der Waals surface area contributed by atoms with Gasteiger partial charge in [-0.15, -0.1) is 11.6 Å². The highest BCUT2D eigenvalue weighted by Crippen LogP contribution is 2.12. The molecule has 2 N–H and O–H groups in total. The van der Waals surface area contributed by atoms with E-state index in [1.165, 1.54) is 0 Å². The molecule has 0 atom stereocenters. The van der Waals surface area contributed by atoms with E-state index >= 15 is 0 Å². The summed E-state index contributed by atoms with van der Waals surface area (Å²) in [5.74, 6) is -0.177. The van der Waals surface area contributed by atoms with Crippen molar-refractivity contribution >= 4 is 33.2 Å². The highest BCUT2D eigenvalue weighted by Gasteiger charge is 2.09. The van der Waals surface area contributed by atoms with Gasteiger partial charge >= 0.3 is 0 Å². The van der Waals surface area contributed by atoms with Crippen LogP contribution in [0.15, 0.2) is 24.3 Å². The molecule has 18 heavy (non-hydrogen) atoms. The Hall–Kier alpha value is -1.27. The lowest BCUT2D eigenvalue weighted by atomic mass is 10.1. The molecule has 0 unspecified atom stereocenters. The van der Waals surface area contributed by atoms with E-state index in [2.05, 4.69) is 10.0 Å². The second-order valence-corrected chi connectivity index (χ2v) is 5.88. The molecule has 0 heterocycles. The van der Waals surface area contributed by atoms with Gasteiger partial charge in [0, 0.05) is 18.6 Å². The van der Waals surface area contributed by atoms with Crippen LogP contribution in [-0.2, 0) is 21.2 Å². The van der Waals surface area contributed by atoms with Crippen molar-refractivity contribution in [1.82, 2.24) is 5.32 Å². The molecule has 0 radical (unpaired) electrons. The van der Waals surface area contributed by atoms with E-state index in [0.29, 0.717) is 5.69 Å². The van der Waals surface area contributed by atoms with Crippen LogP contribution in [0.25, 0.3) is 0 Å². The molecule has 1 aromatic rings. The number of carbonyl (C=O) groups is 1. The predicted molar refractivity (Wildman–Crippen MR) is 72.3 cm³/mol. The third-order valence-electron chi connectivity index (χ3n) is 2.22. The number of halogens is 1. The van der Waals surface area contributed by atoms with Crippen molar-refractivity contribution in [3.8, 4) is 0 Å². The summed E-state index contributed by atoms with van der Waals surface area (Å²) < 4.78 is 25.3. The summed E-state index contributed by atoms with van der Waals surface area (Å²) in [5, 5.41) is 2.52. The van der Waals surface area contributed by atoms with Crippen molar-refractivity contribution in [3.05, 3.63) is 29.8 Å². The lowest BCUT2D eigenvalue weighted by molar-refractivity contribution is -0.119. The average Bonchev–Trinajstić information content (AvgIpc) is 2.31. The summed E-state index contributed by atoms with van der Waals surface area (Å²) in [7, 11) is -1.82. The minimum absolute atomic E-state index is 0.0457. The molecule has 1 amide bonds. The van der Waals surface area contributed by atoms with Crippen LogP contribution in [0, 0.1) is 0 Å². The zero-order chi connectivity index (χ0) is 13.6. The van der Waals surface area contributed by atoms with Crippen LogP contribution in [-0.4, -0.2) is 33.0 Å². The molecule has 0 aromatic heterocycles. The summed E-state index contributed by atoms with van der Waals surface area (Å²) in [6, 6.07) is 6.63. The molecule has 5 nitrogen and oxygen atoms in total. The summed E-state index contributed by atoms with van der Waals surface area (Å²) >= 11 is 5.39. The molecule has 0 aliphatic heterocycles. The molecule has 100 valence electrons. The van der Waals surface area contributed by atoms with Crippen LogP contribution in [0.2, 0.25) is 0 Å². The molecule has 0 aliphatic rings. The number of benzene rings is 1. The first kappa shape index (κ1) is 14.8. The molecule has 7 heteroatoms. The molecule has 0 saturated heterocycles. The largest absolute Gasteiger partial charge is 0.359 e. The van der Waals surface area contributed by atoms with E-state index in [-0.39, 0.29) is 24.0 Å². The Balaban J connectivity index is 2.69. The lowest BCUT2D eigenvalue weighted by Crippen LogP contribution is -2.20. The highest BCUT2D eigenvalue weighted by molar-refractivity contribution is 7.92. The van der Waals surface area contributed by atoms with E-state index in [1.54, 1.807) is 31.3 Å². The topological polar surface area (TPSA) is 75.3 Å². The fraction of sp³-hybridized carbons (Fsp3) is 0.364. The molecular formula is C11H15ClN2O3S.